The number of benzene rings is 1. The Kier molecular flexibility index (Phi) is 3.31. The molecule has 1 rings (SSSR count). The average Bonchev–Trinajstić information content (AvgIpc) is 2.09. The molecule has 76 valence electrons. The quantitative estimate of drug-likeness (QED) is 0.778. The SMILES string of the molecule is O=C(O)[C@@H](O)c1cc(Cl)cc(Cl)c1F. The van der Waals surface area contributed by atoms with Gasteiger partial charge in [-0.2, -0.15) is 0 Å². The second-order valence-corrected chi connectivity index (χ2v) is 3.38. The molecule has 0 saturated carbocycles. The molecule has 0 aliphatic heterocycles. The van der Waals surface area contributed by atoms with Crippen molar-refractivity contribution in [2.24, 2.45) is 0 Å². The number of aliphatic hydroxyl groups is 1. The number of aliphatic carboxylic acids is 1. The Balaban J connectivity index is 3.26. The lowest BCUT2D eigenvalue weighted by Crippen LogP contribution is -2.12. The minimum Gasteiger partial charge on any atom is -0.479 e. The normalized spacial score (nSPS) is 12.6. The van der Waals surface area contributed by atoms with Crippen molar-refractivity contribution in [2.75, 3.05) is 0 Å². The van der Waals surface area contributed by atoms with Crippen LogP contribution in [0.25, 0.3) is 0 Å². The summed E-state index contributed by atoms with van der Waals surface area (Å²) in [7, 11) is 0. The molecule has 3 nitrogen and oxygen atoms in total. The second-order valence-electron chi connectivity index (χ2n) is 2.53. The van der Waals surface area contributed by atoms with Crippen LogP contribution in [0.1, 0.15) is 11.7 Å². The molecule has 1 aromatic carbocycles. The van der Waals surface area contributed by atoms with Crippen molar-refractivity contribution in [1.82, 2.24) is 0 Å². The molecule has 1 aromatic rings. The molecule has 0 unspecified atom stereocenters. The molecule has 0 heterocycles. The molecule has 0 radical (unpaired) electrons. The van der Waals surface area contributed by atoms with Crippen LogP contribution in [0.5, 0.6) is 0 Å². The van der Waals surface area contributed by atoms with E-state index in [0.717, 1.165) is 12.1 Å². The van der Waals surface area contributed by atoms with Gasteiger partial charge in [0.15, 0.2) is 6.10 Å². The number of aliphatic hydroxyl groups excluding tert-OH is 1. The van der Waals surface area contributed by atoms with E-state index in [0.29, 0.717) is 0 Å². The van der Waals surface area contributed by atoms with E-state index in [-0.39, 0.29) is 10.0 Å². The fourth-order valence-corrected chi connectivity index (χ4v) is 1.42. The highest BCUT2D eigenvalue weighted by atomic mass is 35.5. The lowest BCUT2D eigenvalue weighted by molar-refractivity contribution is -0.147. The zero-order chi connectivity index (χ0) is 10.9. The maximum Gasteiger partial charge on any atom is 0.337 e. The predicted molar refractivity (Wildman–Crippen MR) is 49.0 cm³/mol. The molecule has 14 heavy (non-hydrogen) atoms. The first-order valence-corrected chi connectivity index (χ1v) is 4.24. The third-order valence-electron chi connectivity index (χ3n) is 1.55. The molecule has 0 bridgehead atoms. The van der Waals surface area contributed by atoms with Gasteiger partial charge in [0.2, 0.25) is 0 Å². The summed E-state index contributed by atoms with van der Waals surface area (Å²) in [6.45, 7) is 0. The Bertz CT molecular complexity index is 381. The number of hydrogen-bond acceptors (Lipinski definition) is 2. The van der Waals surface area contributed by atoms with Crippen LogP contribution in [0.4, 0.5) is 4.39 Å². The molecule has 0 fully saturated rings. The number of halogens is 3. The van der Waals surface area contributed by atoms with E-state index >= 15 is 0 Å². The molecule has 0 aliphatic carbocycles. The number of rotatable bonds is 2. The Hall–Kier alpha value is -0.840. The Morgan fingerprint density at radius 1 is 1.43 bits per heavy atom. The van der Waals surface area contributed by atoms with Gasteiger partial charge in [0.05, 0.1) is 5.02 Å². The van der Waals surface area contributed by atoms with Gasteiger partial charge in [0, 0.05) is 10.6 Å². The number of carboxylic acid groups (broad SMARTS) is 1. The standard InChI is InChI=1S/C8H5Cl2FO3/c9-3-1-4(7(12)8(13)14)6(11)5(10)2-3/h1-2,7,12H,(H,13,14)/t7-/m0/s1. The molecule has 0 amide bonds. The average molecular weight is 239 g/mol. The van der Waals surface area contributed by atoms with Crippen molar-refractivity contribution in [3.63, 3.8) is 0 Å². The van der Waals surface area contributed by atoms with Crippen LogP contribution in [0.2, 0.25) is 10.0 Å². The van der Waals surface area contributed by atoms with E-state index in [4.69, 9.17) is 33.4 Å². The van der Waals surface area contributed by atoms with Crippen LogP contribution >= 0.6 is 23.2 Å². The largest absolute Gasteiger partial charge is 0.479 e. The van der Waals surface area contributed by atoms with Crippen molar-refractivity contribution in [1.29, 1.82) is 0 Å². The minimum absolute atomic E-state index is 0.0618. The van der Waals surface area contributed by atoms with Gasteiger partial charge in [-0.15, -0.1) is 0 Å². The van der Waals surface area contributed by atoms with E-state index in [9.17, 15) is 9.18 Å². The van der Waals surface area contributed by atoms with Crippen molar-refractivity contribution in [3.8, 4) is 0 Å². The zero-order valence-corrected chi connectivity index (χ0v) is 8.18. The lowest BCUT2D eigenvalue weighted by Gasteiger charge is -2.08. The first-order chi connectivity index (χ1) is 6.43. The Morgan fingerprint density at radius 2 is 2.00 bits per heavy atom. The maximum absolute atomic E-state index is 13.2. The van der Waals surface area contributed by atoms with Gasteiger partial charge >= 0.3 is 5.97 Å². The highest BCUT2D eigenvalue weighted by Gasteiger charge is 2.22. The predicted octanol–water partition coefficient (Wildman–Crippen LogP) is 2.25. The van der Waals surface area contributed by atoms with Crippen LogP contribution in [-0.2, 0) is 4.79 Å². The molecule has 2 N–H and O–H groups in total. The topological polar surface area (TPSA) is 57.5 Å². The Morgan fingerprint density at radius 3 is 2.50 bits per heavy atom. The molecule has 0 saturated heterocycles. The van der Waals surface area contributed by atoms with Crippen LogP contribution in [0, 0.1) is 5.82 Å². The molecule has 6 heteroatoms. The number of hydrogen-bond donors (Lipinski definition) is 2. The van der Waals surface area contributed by atoms with Crippen molar-refractivity contribution < 1.29 is 19.4 Å². The third kappa shape index (κ3) is 2.15. The summed E-state index contributed by atoms with van der Waals surface area (Å²) >= 11 is 10.9. The monoisotopic (exact) mass is 238 g/mol. The van der Waals surface area contributed by atoms with Crippen LogP contribution in [0.15, 0.2) is 12.1 Å². The van der Waals surface area contributed by atoms with E-state index in [1.165, 1.54) is 0 Å². The molecular formula is C8H5Cl2FO3. The molecule has 1 atom stereocenters. The second kappa shape index (κ2) is 4.13. The van der Waals surface area contributed by atoms with Gasteiger partial charge in [-0.3, -0.25) is 0 Å². The summed E-state index contributed by atoms with van der Waals surface area (Å²) in [5, 5.41) is 17.2. The van der Waals surface area contributed by atoms with Gasteiger partial charge in [-0.1, -0.05) is 23.2 Å². The summed E-state index contributed by atoms with van der Waals surface area (Å²) in [6, 6.07) is 2.14. The van der Waals surface area contributed by atoms with E-state index in [1.54, 1.807) is 0 Å². The molecular weight excluding hydrogens is 234 g/mol. The van der Waals surface area contributed by atoms with Crippen molar-refractivity contribution in [3.05, 3.63) is 33.6 Å². The highest BCUT2D eigenvalue weighted by Crippen LogP contribution is 2.27. The summed E-state index contributed by atoms with van der Waals surface area (Å²) < 4.78 is 13.2. The summed E-state index contributed by atoms with van der Waals surface area (Å²) in [5.74, 6) is -2.55. The van der Waals surface area contributed by atoms with Gasteiger partial charge in [0.1, 0.15) is 5.82 Å². The van der Waals surface area contributed by atoms with Gasteiger partial charge in [-0.05, 0) is 12.1 Å². The zero-order valence-electron chi connectivity index (χ0n) is 6.67. The summed E-state index contributed by atoms with van der Waals surface area (Å²) in [5.41, 5.74) is -0.449. The van der Waals surface area contributed by atoms with Crippen LogP contribution in [0.3, 0.4) is 0 Å². The summed E-state index contributed by atoms with van der Waals surface area (Å²) in [4.78, 5) is 10.4. The van der Waals surface area contributed by atoms with E-state index < -0.39 is 23.5 Å². The van der Waals surface area contributed by atoms with Gasteiger partial charge < -0.3 is 10.2 Å². The van der Waals surface area contributed by atoms with Crippen molar-refractivity contribution in [2.45, 2.75) is 6.10 Å². The van der Waals surface area contributed by atoms with Crippen LogP contribution in [-0.4, -0.2) is 16.2 Å². The van der Waals surface area contributed by atoms with Gasteiger partial charge in [-0.25, -0.2) is 9.18 Å². The molecule has 0 spiro atoms. The summed E-state index contributed by atoms with van der Waals surface area (Å²) in [6.07, 6.45) is -1.97. The maximum atomic E-state index is 13.2. The van der Waals surface area contributed by atoms with E-state index in [1.807, 2.05) is 0 Å². The molecule has 0 aliphatic rings. The highest BCUT2D eigenvalue weighted by molar-refractivity contribution is 6.34. The lowest BCUT2D eigenvalue weighted by atomic mass is 10.1. The van der Waals surface area contributed by atoms with Gasteiger partial charge in [0.25, 0.3) is 0 Å². The fraction of sp³-hybridized carbons (Fsp3) is 0.125. The smallest absolute Gasteiger partial charge is 0.337 e. The minimum atomic E-state index is -1.97. The molecule has 0 aromatic heterocycles. The van der Waals surface area contributed by atoms with Crippen LogP contribution < -0.4 is 0 Å². The fourth-order valence-electron chi connectivity index (χ4n) is 0.908. The first-order valence-electron chi connectivity index (χ1n) is 3.48. The third-order valence-corrected chi connectivity index (χ3v) is 2.04. The van der Waals surface area contributed by atoms with Crippen molar-refractivity contribution >= 4 is 29.2 Å². The number of carboxylic acids is 1. The van der Waals surface area contributed by atoms with E-state index in [2.05, 4.69) is 0 Å². The Labute approximate surface area is 88.7 Å². The first kappa shape index (κ1) is 11.2. The number of carbonyl (C=O) groups is 1.